The van der Waals surface area contributed by atoms with Gasteiger partial charge in [0.05, 0.1) is 18.4 Å². The highest BCUT2D eigenvalue weighted by Crippen LogP contribution is 2.19. The minimum absolute atomic E-state index is 0.220. The maximum atomic E-state index is 11.4. The molecule has 0 radical (unpaired) electrons. The van der Waals surface area contributed by atoms with Gasteiger partial charge in [-0.25, -0.2) is 9.78 Å². The van der Waals surface area contributed by atoms with E-state index in [2.05, 4.69) is 14.6 Å². The molecule has 0 aromatic carbocycles. The average molecular weight is 235 g/mol. The lowest BCUT2D eigenvalue weighted by Gasteiger charge is -2.17. The molecule has 1 fully saturated rings. The molecule has 2 rings (SSSR count). The van der Waals surface area contributed by atoms with Crippen LogP contribution in [0.5, 0.6) is 0 Å². The van der Waals surface area contributed by atoms with Crippen molar-refractivity contribution in [3.05, 3.63) is 23.4 Å². The van der Waals surface area contributed by atoms with Crippen molar-refractivity contribution >= 4 is 11.8 Å². The van der Waals surface area contributed by atoms with Crippen LogP contribution in [0.4, 0.5) is 5.82 Å². The van der Waals surface area contributed by atoms with Crippen molar-refractivity contribution in [3.8, 4) is 0 Å². The standard InChI is InChI=1S/C12H17N3O2/c1-8-10(12(16)17-2)3-4-11(14-8)15-6-5-9(13)7-15/h3-4,9H,5-7,13H2,1-2H3. The summed E-state index contributed by atoms with van der Waals surface area (Å²) >= 11 is 0. The first kappa shape index (κ1) is 11.9. The third-order valence-electron chi connectivity index (χ3n) is 3.03. The van der Waals surface area contributed by atoms with E-state index in [-0.39, 0.29) is 12.0 Å². The van der Waals surface area contributed by atoms with E-state index in [4.69, 9.17) is 5.73 Å². The summed E-state index contributed by atoms with van der Waals surface area (Å²) in [7, 11) is 1.37. The molecule has 2 heterocycles. The van der Waals surface area contributed by atoms with Crippen LogP contribution >= 0.6 is 0 Å². The molecule has 0 bridgehead atoms. The summed E-state index contributed by atoms with van der Waals surface area (Å²) in [5, 5.41) is 0. The Kier molecular flexibility index (Phi) is 3.28. The Bertz CT molecular complexity index is 434. The Labute approximate surface area is 101 Å². The molecule has 5 nitrogen and oxygen atoms in total. The molecular formula is C12H17N3O2. The summed E-state index contributed by atoms with van der Waals surface area (Å²) in [6, 6.07) is 3.82. The predicted molar refractivity (Wildman–Crippen MR) is 65.1 cm³/mol. The van der Waals surface area contributed by atoms with E-state index in [1.807, 2.05) is 13.0 Å². The molecule has 2 N–H and O–H groups in total. The number of carbonyl (C=O) groups is 1. The number of hydrogen-bond acceptors (Lipinski definition) is 5. The lowest BCUT2D eigenvalue weighted by molar-refractivity contribution is 0.0599. The van der Waals surface area contributed by atoms with Crippen LogP contribution in [0.25, 0.3) is 0 Å². The molecule has 1 aromatic rings. The van der Waals surface area contributed by atoms with E-state index in [1.54, 1.807) is 6.07 Å². The third-order valence-corrected chi connectivity index (χ3v) is 3.03. The van der Waals surface area contributed by atoms with Gasteiger partial charge in [0.1, 0.15) is 5.82 Å². The summed E-state index contributed by atoms with van der Waals surface area (Å²) in [5.74, 6) is 0.530. The molecule has 1 saturated heterocycles. The van der Waals surface area contributed by atoms with E-state index >= 15 is 0 Å². The highest BCUT2D eigenvalue weighted by Gasteiger charge is 2.21. The number of nitrogens with zero attached hydrogens (tertiary/aromatic N) is 2. The van der Waals surface area contributed by atoms with Crippen LogP contribution in [-0.2, 0) is 4.74 Å². The Hall–Kier alpha value is -1.62. The summed E-state index contributed by atoms with van der Waals surface area (Å²) in [6.45, 7) is 3.56. The molecule has 0 saturated carbocycles. The van der Waals surface area contributed by atoms with Gasteiger partial charge in [-0.3, -0.25) is 0 Å². The van der Waals surface area contributed by atoms with Gasteiger partial charge in [0.25, 0.3) is 0 Å². The second-order valence-corrected chi connectivity index (χ2v) is 4.29. The number of aryl methyl sites for hydroxylation is 1. The molecule has 1 unspecified atom stereocenters. The molecule has 0 aliphatic carbocycles. The smallest absolute Gasteiger partial charge is 0.339 e. The Morgan fingerprint density at radius 2 is 2.35 bits per heavy atom. The molecule has 1 aromatic heterocycles. The first-order valence-electron chi connectivity index (χ1n) is 5.68. The molecule has 1 atom stereocenters. The second kappa shape index (κ2) is 4.71. The Balaban J connectivity index is 2.22. The number of carbonyl (C=O) groups excluding carboxylic acids is 1. The second-order valence-electron chi connectivity index (χ2n) is 4.29. The lowest BCUT2D eigenvalue weighted by Crippen LogP contribution is -2.27. The van der Waals surface area contributed by atoms with E-state index in [9.17, 15) is 4.79 Å². The highest BCUT2D eigenvalue weighted by molar-refractivity contribution is 5.90. The van der Waals surface area contributed by atoms with Crippen molar-refractivity contribution in [1.82, 2.24) is 4.98 Å². The number of methoxy groups -OCH3 is 1. The van der Waals surface area contributed by atoms with Gasteiger partial charge >= 0.3 is 5.97 Å². The zero-order valence-corrected chi connectivity index (χ0v) is 10.1. The first-order valence-corrected chi connectivity index (χ1v) is 5.68. The van der Waals surface area contributed by atoms with Gasteiger partial charge in [0.15, 0.2) is 0 Å². The van der Waals surface area contributed by atoms with Gasteiger partial charge < -0.3 is 15.4 Å². The monoisotopic (exact) mass is 235 g/mol. The van der Waals surface area contributed by atoms with E-state index < -0.39 is 0 Å². The van der Waals surface area contributed by atoms with Gasteiger partial charge in [0, 0.05) is 19.1 Å². The number of esters is 1. The van der Waals surface area contributed by atoms with Crippen LogP contribution in [0.1, 0.15) is 22.5 Å². The molecule has 0 spiro atoms. The van der Waals surface area contributed by atoms with Gasteiger partial charge in [-0.2, -0.15) is 0 Å². The normalized spacial score (nSPS) is 19.5. The van der Waals surface area contributed by atoms with Crippen LogP contribution in [0.15, 0.2) is 12.1 Å². The van der Waals surface area contributed by atoms with Gasteiger partial charge in [0.2, 0.25) is 0 Å². The molecule has 1 aliphatic heterocycles. The fourth-order valence-corrected chi connectivity index (χ4v) is 2.05. The number of nitrogens with two attached hydrogens (primary N) is 1. The van der Waals surface area contributed by atoms with E-state index in [0.29, 0.717) is 11.3 Å². The van der Waals surface area contributed by atoms with Crippen LogP contribution in [0.2, 0.25) is 0 Å². The van der Waals surface area contributed by atoms with Crippen molar-refractivity contribution in [1.29, 1.82) is 0 Å². The highest BCUT2D eigenvalue weighted by atomic mass is 16.5. The van der Waals surface area contributed by atoms with Crippen molar-refractivity contribution < 1.29 is 9.53 Å². The Morgan fingerprint density at radius 1 is 1.59 bits per heavy atom. The summed E-state index contributed by atoms with van der Waals surface area (Å²) in [5.41, 5.74) is 7.06. The molecule has 17 heavy (non-hydrogen) atoms. The molecule has 5 heteroatoms. The fraction of sp³-hybridized carbons (Fsp3) is 0.500. The average Bonchev–Trinajstić information content (AvgIpc) is 2.75. The summed E-state index contributed by atoms with van der Waals surface area (Å²) in [4.78, 5) is 18.0. The third kappa shape index (κ3) is 2.39. The minimum atomic E-state index is -0.348. The molecule has 0 amide bonds. The number of aromatic nitrogens is 1. The number of ether oxygens (including phenoxy) is 1. The summed E-state index contributed by atoms with van der Waals surface area (Å²) in [6.07, 6.45) is 0.986. The minimum Gasteiger partial charge on any atom is -0.465 e. The van der Waals surface area contributed by atoms with Crippen molar-refractivity contribution in [3.63, 3.8) is 0 Å². The quantitative estimate of drug-likeness (QED) is 0.765. The van der Waals surface area contributed by atoms with Crippen molar-refractivity contribution in [2.24, 2.45) is 5.73 Å². The topological polar surface area (TPSA) is 68.5 Å². The van der Waals surface area contributed by atoms with Crippen LogP contribution < -0.4 is 10.6 Å². The van der Waals surface area contributed by atoms with Crippen molar-refractivity contribution in [2.45, 2.75) is 19.4 Å². The summed E-state index contributed by atoms with van der Waals surface area (Å²) < 4.78 is 4.69. The van der Waals surface area contributed by atoms with Gasteiger partial charge in [-0.15, -0.1) is 0 Å². The number of anilines is 1. The largest absolute Gasteiger partial charge is 0.465 e. The fourth-order valence-electron chi connectivity index (χ4n) is 2.05. The maximum Gasteiger partial charge on any atom is 0.339 e. The zero-order valence-electron chi connectivity index (χ0n) is 10.1. The SMILES string of the molecule is COC(=O)c1ccc(N2CCC(N)C2)nc1C. The Morgan fingerprint density at radius 3 is 2.88 bits per heavy atom. The lowest BCUT2D eigenvalue weighted by atomic mass is 10.2. The first-order chi connectivity index (χ1) is 8.11. The maximum absolute atomic E-state index is 11.4. The molecule has 1 aliphatic rings. The van der Waals surface area contributed by atoms with Crippen LogP contribution in [0.3, 0.4) is 0 Å². The van der Waals surface area contributed by atoms with Crippen molar-refractivity contribution in [2.75, 3.05) is 25.1 Å². The zero-order chi connectivity index (χ0) is 12.4. The van der Waals surface area contributed by atoms with Gasteiger partial charge in [-0.1, -0.05) is 0 Å². The number of hydrogen-bond donors (Lipinski definition) is 1. The number of pyridine rings is 1. The van der Waals surface area contributed by atoms with E-state index in [1.165, 1.54) is 7.11 Å². The van der Waals surface area contributed by atoms with Crippen LogP contribution in [-0.4, -0.2) is 37.2 Å². The molecular weight excluding hydrogens is 218 g/mol. The van der Waals surface area contributed by atoms with E-state index in [0.717, 1.165) is 25.3 Å². The van der Waals surface area contributed by atoms with Gasteiger partial charge in [-0.05, 0) is 25.5 Å². The number of rotatable bonds is 2. The predicted octanol–water partition coefficient (Wildman–Crippen LogP) is 0.714. The molecule has 92 valence electrons. The van der Waals surface area contributed by atoms with Crippen LogP contribution in [0, 0.1) is 6.92 Å².